The number of aliphatic hydroxyl groups excluding tert-OH is 1. The summed E-state index contributed by atoms with van der Waals surface area (Å²) in [5.74, 6) is -1.31. The van der Waals surface area contributed by atoms with Gasteiger partial charge in [-0.05, 0) is 80.2 Å². The van der Waals surface area contributed by atoms with Crippen molar-refractivity contribution < 1.29 is 27.9 Å². The Morgan fingerprint density at radius 1 is 1.11 bits per heavy atom. The van der Waals surface area contributed by atoms with Crippen LogP contribution in [-0.2, 0) is 19.6 Å². The molecule has 10 heteroatoms. The first-order valence-corrected chi connectivity index (χ1v) is 13.2. The number of primary sulfonamides is 1. The van der Waals surface area contributed by atoms with Crippen molar-refractivity contribution in [2.24, 2.45) is 5.14 Å². The Balaban J connectivity index is 1.84. The molecule has 8 nitrogen and oxygen atoms in total. The second-order valence-corrected chi connectivity index (χ2v) is 10.9. The van der Waals surface area contributed by atoms with Crippen molar-refractivity contribution in [2.75, 3.05) is 4.90 Å². The fourth-order valence-corrected chi connectivity index (χ4v) is 5.29. The molecule has 3 N–H and O–H groups in total. The molecule has 35 heavy (non-hydrogen) atoms. The summed E-state index contributed by atoms with van der Waals surface area (Å²) < 4.78 is 29.0. The number of amides is 1. The lowest BCUT2D eigenvalue weighted by Gasteiger charge is -2.24. The van der Waals surface area contributed by atoms with Crippen LogP contribution in [0.3, 0.4) is 0 Å². The Morgan fingerprint density at radius 2 is 1.80 bits per heavy atom. The number of rotatable bonds is 6. The monoisotopic (exact) mass is 512 g/mol. The number of benzene rings is 2. The van der Waals surface area contributed by atoms with Crippen LogP contribution in [0.1, 0.15) is 35.9 Å². The van der Waals surface area contributed by atoms with Gasteiger partial charge in [0.05, 0.1) is 16.6 Å². The van der Waals surface area contributed by atoms with E-state index in [1.807, 2.05) is 26.2 Å². The summed E-state index contributed by atoms with van der Waals surface area (Å²) in [4.78, 5) is 28.1. The molecule has 1 aromatic heterocycles. The summed E-state index contributed by atoms with van der Waals surface area (Å²) >= 11 is 1.33. The molecule has 0 radical (unpaired) electrons. The van der Waals surface area contributed by atoms with E-state index in [2.05, 4.69) is 0 Å². The molecular weight excluding hydrogens is 488 g/mol. The van der Waals surface area contributed by atoms with Crippen LogP contribution in [0.15, 0.2) is 70.4 Å². The number of ether oxygens (including phenoxy) is 1. The Bertz CT molecular complexity index is 1430. The first-order valence-electron chi connectivity index (χ1n) is 10.7. The lowest BCUT2D eigenvalue weighted by atomic mass is 9.98. The van der Waals surface area contributed by atoms with Gasteiger partial charge in [0.1, 0.15) is 17.6 Å². The normalized spacial score (nSPS) is 17.9. The SMILES string of the molecule is Cc1cc(/C(O)=C2/C(=O)C(=O)N(c3ccc(S(N)(=O)=O)cc3)C2c2cccs2)ccc1OC(C)C. The molecule has 1 unspecified atom stereocenters. The second kappa shape index (κ2) is 9.29. The summed E-state index contributed by atoms with van der Waals surface area (Å²) in [6.07, 6.45) is -0.0297. The van der Waals surface area contributed by atoms with Crippen molar-refractivity contribution in [1.29, 1.82) is 0 Å². The van der Waals surface area contributed by atoms with Crippen molar-refractivity contribution in [3.05, 3.63) is 81.6 Å². The Hall–Kier alpha value is -3.47. The van der Waals surface area contributed by atoms with Gasteiger partial charge >= 0.3 is 0 Å². The summed E-state index contributed by atoms with van der Waals surface area (Å²) in [6, 6.07) is 13.1. The summed E-state index contributed by atoms with van der Waals surface area (Å²) in [6.45, 7) is 5.65. The predicted octanol–water partition coefficient (Wildman–Crippen LogP) is 4.12. The molecular formula is C25H24N2O6S2. The first kappa shape index (κ1) is 24.6. The number of aliphatic hydroxyl groups is 1. The molecule has 2 heterocycles. The number of hydrogen-bond acceptors (Lipinski definition) is 7. The molecule has 0 spiro atoms. The number of sulfonamides is 1. The number of aryl methyl sites for hydroxylation is 1. The Kier molecular flexibility index (Phi) is 6.54. The number of nitrogens with zero attached hydrogens (tertiary/aromatic N) is 1. The van der Waals surface area contributed by atoms with E-state index in [0.717, 1.165) is 5.56 Å². The zero-order valence-electron chi connectivity index (χ0n) is 19.3. The fourth-order valence-electron chi connectivity index (χ4n) is 3.95. The van der Waals surface area contributed by atoms with Gasteiger partial charge in [-0.2, -0.15) is 0 Å². The quantitative estimate of drug-likeness (QED) is 0.291. The average Bonchev–Trinajstić information content (AvgIpc) is 3.41. The maximum Gasteiger partial charge on any atom is 0.300 e. The number of thiophene rings is 1. The minimum atomic E-state index is -3.93. The van der Waals surface area contributed by atoms with Crippen molar-refractivity contribution in [3.8, 4) is 5.75 Å². The summed E-state index contributed by atoms with van der Waals surface area (Å²) in [7, 11) is -3.93. The Morgan fingerprint density at radius 3 is 2.34 bits per heavy atom. The van der Waals surface area contributed by atoms with E-state index in [4.69, 9.17) is 9.88 Å². The highest BCUT2D eigenvalue weighted by atomic mass is 32.2. The van der Waals surface area contributed by atoms with Gasteiger partial charge in [-0.1, -0.05) is 6.07 Å². The minimum Gasteiger partial charge on any atom is -0.507 e. The van der Waals surface area contributed by atoms with Gasteiger partial charge in [0, 0.05) is 16.1 Å². The molecule has 0 saturated carbocycles. The first-order chi connectivity index (χ1) is 16.5. The second-order valence-electron chi connectivity index (χ2n) is 8.37. The molecule has 1 aliphatic rings. The van der Waals surface area contributed by atoms with Crippen LogP contribution in [0, 0.1) is 6.92 Å². The van der Waals surface area contributed by atoms with Gasteiger partial charge in [-0.15, -0.1) is 11.3 Å². The molecule has 2 aromatic carbocycles. The minimum absolute atomic E-state index is 0.0297. The van der Waals surface area contributed by atoms with Gasteiger partial charge in [0.2, 0.25) is 10.0 Å². The molecule has 1 fully saturated rings. The smallest absolute Gasteiger partial charge is 0.300 e. The van der Waals surface area contributed by atoms with Crippen molar-refractivity contribution in [3.63, 3.8) is 0 Å². The van der Waals surface area contributed by atoms with E-state index in [-0.39, 0.29) is 22.3 Å². The number of carbonyl (C=O) groups excluding carboxylic acids is 2. The van der Waals surface area contributed by atoms with Crippen molar-refractivity contribution >= 4 is 44.5 Å². The lowest BCUT2D eigenvalue weighted by molar-refractivity contribution is -0.132. The topological polar surface area (TPSA) is 127 Å². The fraction of sp³-hybridized carbons (Fsp3) is 0.200. The summed E-state index contributed by atoms with van der Waals surface area (Å²) in [5.41, 5.74) is 1.39. The molecule has 0 aliphatic carbocycles. The molecule has 1 saturated heterocycles. The molecule has 1 atom stereocenters. The predicted molar refractivity (Wildman–Crippen MR) is 134 cm³/mol. The van der Waals surface area contributed by atoms with Crippen LogP contribution < -0.4 is 14.8 Å². The number of carbonyl (C=O) groups is 2. The van der Waals surface area contributed by atoms with E-state index in [1.54, 1.807) is 30.3 Å². The number of Topliss-reactive ketones (excluding diaryl/α,β-unsaturated/α-hetero) is 1. The number of ketones is 1. The lowest BCUT2D eigenvalue weighted by Crippen LogP contribution is -2.29. The zero-order valence-corrected chi connectivity index (χ0v) is 20.9. The molecule has 0 bridgehead atoms. The highest BCUT2D eigenvalue weighted by molar-refractivity contribution is 7.89. The third-order valence-electron chi connectivity index (χ3n) is 5.51. The van der Waals surface area contributed by atoms with Crippen LogP contribution in [0.2, 0.25) is 0 Å². The highest BCUT2D eigenvalue weighted by Crippen LogP contribution is 2.44. The largest absolute Gasteiger partial charge is 0.507 e. The maximum atomic E-state index is 13.2. The highest BCUT2D eigenvalue weighted by Gasteiger charge is 2.47. The van der Waals surface area contributed by atoms with E-state index >= 15 is 0 Å². The Labute approximate surface area is 207 Å². The molecule has 1 aliphatic heterocycles. The molecule has 4 rings (SSSR count). The van der Waals surface area contributed by atoms with Gasteiger partial charge in [-0.3, -0.25) is 14.5 Å². The summed E-state index contributed by atoms with van der Waals surface area (Å²) in [5, 5.41) is 18.2. The van der Waals surface area contributed by atoms with E-state index in [1.165, 1.54) is 40.5 Å². The number of hydrogen-bond donors (Lipinski definition) is 2. The van der Waals surface area contributed by atoms with Gasteiger partial charge in [0.15, 0.2) is 0 Å². The van der Waals surface area contributed by atoms with Crippen LogP contribution >= 0.6 is 11.3 Å². The third-order valence-corrected chi connectivity index (χ3v) is 7.37. The van der Waals surface area contributed by atoms with Gasteiger partial charge in [0.25, 0.3) is 11.7 Å². The standard InChI is InChI=1S/C25H24N2O6S2/c1-14(2)33-19-11-6-16(13-15(19)3)23(28)21-22(20-5-4-12-34-20)27(25(30)24(21)29)17-7-9-18(10-8-17)35(26,31)32/h4-14,22,28H,1-3H3,(H2,26,31,32)/b23-21-. The van der Waals surface area contributed by atoms with E-state index in [9.17, 15) is 23.1 Å². The van der Waals surface area contributed by atoms with E-state index < -0.39 is 27.8 Å². The van der Waals surface area contributed by atoms with Gasteiger partial charge < -0.3 is 9.84 Å². The molecule has 182 valence electrons. The van der Waals surface area contributed by atoms with Gasteiger partial charge in [-0.25, -0.2) is 13.6 Å². The van der Waals surface area contributed by atoms with Crippen molar-refractivity contribution in [1.82, 2.24) is 0 Å². The van der Waals surface area contributed by atoms with Crippen LogP contribution in [0.25, 0.3) is 5.76 Å². The van der Waals surface area contributed by atoms with E-state index in [0.29, 0.717) is 21.9 Å². The van der Waals surface area contributed by atoms with Crippen LogP contribution in [0.5, 0.6) is 5.75 Å². The van der Waals surface area contributed by atoms with Crippen LogP contribution in [0.4, 0.5) is 5.69 Å². The average molecular weight is 513 g/mol. The van der Waals surface area contributed by atoms with Crippen LogP contribution in [-0.4, -0.2) is 31.3 Å². The third kappa shape index (κ3) is 4.72. The molecule has 1 amide bonds. The maximum absolute atomic E-state index is 13.2. The zero-order chi connectivity index (χ0) is 25.5. The van der Waals surface area contributed by atoms with Crippen molar-refractivity contribution in [2.45, 2.75) is 37.8 Å². The number of anilines is 1. The number of nitrogens with two attached hydrogens (primary N) is 1. The molecule has 3 aromatic rings.